The standard InChI is InChI=1S/C17H18F2N2O2/c1-11-3-4-14(9-12(11)2)21-16(22)10-20-13-5-7-15(8-6-13)23-17(18)19/h3-9,17,20H,10H2,1-2H3,(H,21,22). The van der Waals surface area contributed by atoms with Gasteiger partial charge in [0.2, 0.25) is 5.91 Å². The van der Waals surface area contributed by atoms with E-state index in [9.17, 15) is 13.6 Å². The van der Waals surface area contributed by atoms with Crippen molar-refractivity contribution >= 4 is 17.3 Å². The number of ether oxygens (including phenoxy) is 1. The molecule has 0 unspecified atom stereocenters. The molecule has 2 rings (SSSR count). The molecule has 0 spiro atoms. The largest absolute Gasteiger partial charge is 0.435 e. The monoisotopic (exact) mass is 320 g/mol. The first-order chi connectivity index (χ1) is 10.9. The van der Waals surface area contributed by atoms with E-state index in [-0.39, 0.29) is 18.2 Å². The Hall–Kier alpha value is -2.63. The first-order valence-electron chi connectivity index (χ1n) is 7.10. The summed E-state index contributed by atoms with van der Waals surface area (Å²) in [5.41, 5.74) is 3.64. The van der Waals surface area contributed by atoms with Crippen LogP contribution in [0.2, 0.25) is 0 Å². The number of alkyl halides is 2. The molecule has 0 saturated carbocycles. The summed E-state index contributed by atoms with van der Waals surface area (Å²) in [6.07, 6.45) is 0. The Bertz CT molecular complexity index is 673. The molecule has 0 saturated heterocycles. The van der Waals surface area contributed by atoms with Gasteiger partial charge in [0, 0.05) is 11.4 Å². The molecule has 2 N–H and O–H groups in total. The minimum Gasteiger partial charge on any atom is -0.435 e. The number of carbonyl (C=O) groups is 1. The summed E-state index contributed by atoms with van der Waals surface area (Å²) >= 11 is 0. The van der Waals surface area contributed by atoms with Gasteiger partial charge in [-0.25, -0.2) is 0 Å². The lowest BCUT2D eigenvalue weighted by atomic mass is 10.1. The number of halogens is 2. The summed E-state index contributed by atoms with van der Waals surface area (Å²) in [7, 11) is 0. The normalized spacial score (nSPS) is 10.5. The molecule has 0 aliphatic carbocycles. The van der Waals surface area contributed by atoms with Crippen LogP contribution in [0, 0.1) is 13.8 Å². The number of carbonyl (C=O) groups excluding carboxylic acids is 1. The molecule has 0 aliphatic rings. The van der Waals surface area contributed by atoms with Gasteiger partial charge in [0.05, 0.1) is 6.54 Å². The van der Waals surface area contributed by atoms with Crippen molar-refractivity contribution < 1.29 is 18.3 Å². The molecule has 0 fully saturated rings. The van der Waals surface area contributed by atoms with Crippen LogP contribution in [0.1, 0.15) is 11.1 Å². The van der Waals surface area contributed by atoms with Crippen molar-refractivity contribution in [1.29, 1.82) is 0 Å². The highest BCUT2D eigenvalue weighted by Gasteiger charge is 2.05. The summed E-state index contributed by atoms with van der Waals surface area (Å²) < 4.78 is 28.3. The SMILES string of the molecule is Cc1ccc(NC(=O)CNc2ccc(OC(F)F)cc2)cc1C. The molecule has 0 aliphatic heterocycles. The first-order valence-corrected chi connectivity index (χ1v) is 7.10. The van der Waals surface area contributed by atoms with Gasteiger partial charge < -0.3 is 15.4 Å². The van der Waals surface area contributed by atoms with E-state index >= 15 is 0 Å². The van der Waals surface area contributed by atoms with Gasteiger partial charge >= 0.3 is 6.61 Å². The predicted molar refractivity (Wildman–Crippen MR) is 86.1 cm³/mol. The van der Waals surface area contributed by atoms with Gasteiger partial charge in [-0.2, -0.15) is 8.78 Å². The Morgan fingerprint density at radius 1 is 1.04 bits per heavy atom. The molecular formula is C17H18F2N2O2. The van der Waals surface area contributed by atoms with Gasteiger partial charge in [0.15, 0.2) is 0 Å². The minimum absolute atomic E-state index is 0.0714. The Kier molecular flexibility index (Phi) is 5.51. The average molecular weight is 320 g/mol. The smallest absolute Gasteiger partial charge is 0.387 e. The van der Waals surface area contributed by atoms with Gasteiger partial charge in [0.1, 0.15) is 5.75 Å². The van der Waals surface area contributed by atoms with Crippen LogP contribution in [-0.2, 0) is 4.79 Å². The number of aryl methyl sites for hydroxylation is 2. The maximum absolute atomic E-state index is 12.0. The van der Waals surface area contributed by atoms with Gasteiger partial charge in [-0.3, -0.25) is 4.79 Å². The molecule has 4 nitrogen and oxygen atoms in total. The van der Waals surface area contributed by atoms with E-state index < -0.39 is 6.61 Å². The number of rotatable bonds is 6. The van der Waals surface area contributed by atoms with Gasteiger partial charge in [-0.15, -0.1) is 0 Å². The van der Waals surface area contributed by atoms with Crippen LogP contribution in [0.5, 0.6) is 5.75 Å². The fraction of sp³-hybridized carbons (Fsp3) is 0.235. The third-order valence-electron chi connectivity index (χ3n) is 3.32. The summed E-state index contributed by atoms with van der Waals surface area (Å²) in [6, 6.07) is 11.7. The van der Waals surface area contributed by atoms with E-state index in [1.54, 1.807) is 12.1 Å². The molecule has 0 radical (unpaired) electrons. The van der Waals surface area contributed by atoms with Crippen LogP contribution >= 0.6 is 0 Å². The highest BCUT2D eigenvalue weighted by molar-refractivity contribution is 5.93. The van der Waals surface area contributed by atoms with Crippen molar-refractivity contribution in [3.8, 4) is 5.75 Å². The average Bonchev–Trinajstić information content (AvgIpc) is 2.50. The zero-order valence-corrected chi connectivity index (χ0v) is 12.9. The molecule has 0 bridgehead atoms. The lowest BCUT2D eigenvalue weighted by Gasteiger charge is -2.10. The summed E-state index contributed by atoms with van der Waals surface area (Å²) in [6.45, 7) is 1.20. The van der Waals surface area contributed by atoms with Gasteiger partial charge in [-0.05, 0) is 61.4 Å². The van der Waals surface area contributed by atoms with E-state index in [0.717, 1.165) is 16.8 Å². The molecular weight excluding hydrogens is 302 g/mol. The molecule has 0 aromatic heterocycles. The third kappa shape index (κ3) is 5.25. The van der Waals surface area contributed by atoms with Crippen molar-refractivity contribution in [3.05, 3.63) is 53.6 Å². The second-order valence-corrected chi connectivity index (χ2v) is 5.10. The van der Waals surface area contributed by atoms with Crippen molar-refractivity contribution in [2.24, 2.45) is 0 Å². The van der Waals surface area contributed by atoms with Crippen LogP contribution < -0.4 is 15.4 Å². The van der Waals surface area contributed by atoms with E-state index in [1.165, 1.54) is 12.1 Å². The second kappa shape index (κ2) is 7.58. The Balaban J connectivity index is 1.85. The number of hydrogen-bond acceptors (Lipinski definition) is 3. The van der Waals surface area contributed by atoms with E-state index in [4.69, 9.17) is 0 Å². The lowest BCUT2D eigenvalue weighted by Crippen LogP contribution is -2.21. The van der Waals surface area contributed by atoms with Crippen LogP contribution in [-0.4, -0.2) is 19.1 Å². The Labute approximate surface area is 133 Å². The highest BCUT2D eigenvalue weighted by Crippen LogP contribution is 2.18. The second-order valence-electron chi connectivity index (χ2n) is 5.10. The van der Waals surface area contributed by atoms with Gasteiger partial charge in [0.25, 0.3) is 0 Å². The highest BCUT2D eigenvalue weighted by atomic mass is 19.3. The third-order valence-corrected chi connectivity index (χ3v) is 3.32. The maximum Gasteiger partial charge on any atom is 0.387 e. The molecule has 1 amide bonds. The molecule has 23 heavy (non-hydrogen) atoms. The Morgan fingerprint density at radius 3 is 2.30 bits per heavy atom. The predicted octanol–water partition coefficient (Wildman–Crippen LogP) is 3.96. The van der Waals surface area contributed by atoms with Crippen LogP contribution in [0.4, 0.5) is 20.2 Å². The quantitative estimate of drug-likeness (QED) is 0.847. The number of amides is 1. The zero-order valence-electron chi connectivity index (χ0n) is 12.9. The lowest BCUT2D eigenvalue weighted by molar-refractivity contribution is -0.114. The van der Waals surface area contributed by atoms with Crippen LogP contribution in [0.15, 0.2) is 42.5 Å². The van der Waals surface area contributed by atoms with Crippen LogP contribution in [0.3, 0.4) is 0 Å². The Morgan fingerprint density at radius 2 is 1.70 bits per heavy atom. The molecule has 6 heteroatoms. The number of hydrogen-bond donors (Lipinski definition) is 2. The van der Waals surface area contributed by atoms with Crippen molar-refractivity contribution in [2.75, 3.05) is 17.2 Å². The van der Waals surface area contributed by atoms with Crippen molar-refractivity contribution in [1.82, 2.24) is 0 Å². The van der Waals surface area contributed by atoms with E-state index in [2.05, 4.69) is 15.4 Å². The number of nitrogens with one attached hydrogen (secondary N) is 2. The maximum atomic E-state index is 12.0. The molecule has 2 aromatic rings. The van der Waals surface area contributed by atoms with E-state index in [0.29, 0.717) is 5.69 Å². The minimum atomic E-state index is -2.85. The molecule has 0 atom stereocenters. The van der Waals surface area contributed by atoms with Crippen molar-refractivity contribution in [2.45, 2.75) is 20.5 Å². The number of benzene rings is 2. The fourth-order valence-corrected chi connectivity index (χ4v) is 1.96. The first kappa shape index (κ1) is 16.7. The topological polar surface area (TPSA) is 50.4 Å². The van der Waals surface area contributed by atoms with E-state index in [1.807, 2.05) is 32.0 Å². The summed E-state index contributed by atoms with van der Waals surface area (Å²) in [4.78, 5) is 11.9. The molecule has 2 aromatic carbocycles. The summed E-state index contributed by atoms with van der Waals surface area (Å²) in [5, 5.41) is 5.71. The molecule has 0 heterocycles. The van der Waals surface area contributed by atoms with Gasteiger partial charge in [-0.1, -0.05) is 6.07 Å². The fourth-order valence-electron chi connectivity index (χ4n) is 1.96. The summed E-state index contributed by atoms with van der Waals surface area (Å²) in [5.74, 6) is -0.119. The zero-order chi connectivity index (χ0) is 16.8. The molecule has 122 valence electrons. The van der Waals surface area contributed by atoms with Crippen molar-refractivity contribution in [3.63, 3.8) is 0 Å². The number of anilines is 2. The van der Waals surface area contributed by atoms with Crippen LogP contribution in [0.25, 0.3) is 0 Å².